The molecule has 0 radical (unpaired) electrons. The number of carbonyl (C=O) groups excluding carboxylic acids is 2. The second-order valence-corrected chi connectivity index (χ2v) is 15.7. The lowest BCUT2D eigenvalue weighted by Crippen LogP contribution is -2.43. The largest absolute Gasteiger partial charge is 0.444 e. The molecule has 1 N–H and O–H groups in total. The fourth-order valence-corrected chi connectivity index (χ4v) is 7.35. The number of ether oxygens (including phenoxy) is 2. The number of amides is 2. The molecule has 2 amide bonds. The summed E-state index contributed by atoms with van der Waals surface area (Å²) in [6.45, 7) is 14.7. The van der Waals surface area contributed by atoms with Crippen LogP contribution >= 0.6 is 15.9 Å². The number of allylic oxidation sites excluding steroid dienone is 1. The third-order valence-corrected chi connectivity index (χ3v) is 9.59. The van der Waals surface area contributed by atoms with E-state index in [1.54, 1.807) is 4.90 Å². The van der Waals surface area contributed by atoms with Crippen molar-refractivity contribution in [3.8, 4) is 22.4 Å². The van der Waals surface area contributed by atoms with E-state index in [0.717, 1.165) is 81.0 Å². The molecule has 0 spiro atoms. The van der Waals surface area contributed by atoms with Gasteiger partial charge in [-0.2, -0.15) is 0 Å². The van der Waals surface area contributed by atoms with Crippen LogP contribution in [0.1, 0.15) is 96.8 Å². The van der Waals surface area contributed by atoms with Crippen molar-refractivity contribution in [2.45, 2.75) is 104 Å². The van der Waals surface area contributed by atoms with Crippen molar-refractivity contribution < 1.29 is 19.1 Å². The Balaban J connectivity index is 1.12. The Kier molecular flexibility index (Phi) is 9.32. The highest BCUT2D eigenvalue weighted by Crippen LogP contribution is 2.38. The minimum absolute atomic E-state index is 0.0426. The normalized spacial score (nSPS) is 20.0. The number of nitrogens with zero attached hydrogens (tertiary/aromatic N) is 4. The average Bonchev–Trinajstić information content (AvgIpc) is 3.81. The Morgan fingerprint density at radius 2 is 1.25 bits per heavy atom. The zero-order valence-corrected chi connectivity index (χ0v) is 30.6. The van der Waals surface area contributed by atoms with Crippen molar-refractivity contribution in [3.63, 3.8) is 0 Å². The molecule has 2 saturated heterocycles. The first-order valence-corrected chi connectivity index (χ1v) is 17.7. The molecule has 3 aromatic rings. The molecular weight excluding hydrogens is 670 g/mol. The molecule has 2 aromatic carbocycles. The van der Waals surface area contributed by atoms with Crippen molar-refractivity contribution >= 4 is 39.4 Å². The van der Waals surface area contributed by atoms with Gasteiger partial charge in [0.05, 0.1) is 17.8 Å². The highest BCUT2D eigenvalue weighted by atomic mass is 79.9. The maximum absolute atomic E-state index is 12.9. The van der Waals surface area contributed by atoms with E-state index in [4.69, 9.17) is 19.5 Å². The van der Waals surface area contributed by atoms with Crippen LogP contribution in [0.5, 0.6) is 0 Å². The highest BCUT2D eigenvalue weighted by Gasteiger charge is 2.38. The maximum Gasteiger partial charge on any atom is 0.410 e. The van der Waals surface area contributed by atoms with E-state index in [2.05, 4.69) is 69.4 Å². The lowest BCUT2D eigenvalue weighted by atomic mass is 9.96. The Bertz CT molecular complexity index is 1740. The lowest BCUT2D eigenvalue weighted by molar-refractivity contribution is 0.0216. The second-order valence-electron chi connectivity index (χ2n) is 15.0. The van der Waals surface area contributed by atoms with Crippen LogP contribution in [0.2, 0.25) is 0 Å². The van der Waals surface area contributed by atoms with Gasteiger partial charge < -0.3 is 14.5 Å². The van der Waals surface area contributed by atoms with Gasteiger partial charge in [0.15, 0.2) is 0 Å². The molecule has 254 valence electrons. The van der Waals surface area contributed by atoms with Gasteiger partial charge in [-0.05, 0) is 112 Å². The number of H-pyrrole nitrogens is 1. The van der Waals surface area contributed by atoms with Gasteiger partial charge >= 0.3 is 12.2 Å². The number of rotatable bonds is 5. The van der Waals surface area contributed by atoms with E-state index in [9.17, 15) is 9.59 Å². The second kappa shape index (κ2) is 13.2. The number of aromatic nitrogens is 2. The number of aryl methyl sites for hydroxylation is 1. The van der Waals surface area contributed by atoms with Crippen LogP contribution in [0.25, 0.3) is 28.0 Å². The molecule has 6 rings (SSSR count). The first-order chi connectivity index (χ1) is 22.7. The van der Waals surface area contributed by atoms with Crippen LogP contribution in [0.15, 0.2) is 58.1 Å². The molecule has 0 saturated carbocycles. The summed E-state index contributed by atoms with van der Waals surface area (Å²) in [6, 6.07) is 16.8. The topological polar surface area (TPSA) is 100 Å². The molecule has 10 heteroatoms. The van der Waals surface area contributed by atoms with Crippen molar-refractivity contribution in [1.82, 2.24) is 19.8 Å². The molecule has 0 unspecified atom stereocenters. The number of benzene rings is 2. The summed E-state index contributed by atoms with van der Waals surface area (Å²) >= 11 is 3.70. The number of hydrogen-bond donors (Lipinski definition) is 1. The zero-order valence-electron chi connectivity index (χ0n) is 29.0. The highest BCUT2D eigenvalue weighted by molar-refractivity contribution is 9.11. The summed E-state index contributed by atoms with van der Waals surface area (Å²) in [5.74, 6) is 0.801. The van der Waals surface area contributed by atoms with Gasteiger partial charge in [-0.25, -0.2) is 19.6 Å². The Labute approximate surface area is 291 Å². The number of imidazole rings is 1. The summed E-state index contributed by atoms with van der Waals surface area (Å²) in [6.07, 6.45) is 3.74. The van der Waals surface area contributed by atoms with Crippen LogP contribution in [0.4, 0.5) is 9.59 Å². The number of hydrogen-bond acceptors (Lipinski definition) is 6. The van der Waals surface area contributed by atoms with Gasteiger partial charge in [0.1, 0.15) is 21.6 Å². The van der Waals surface area contributed by atoms with Gasteiger partial charge in [-0.3, -0.25) is 9.80 Å². The number of aromatic amines is 1. The zero-order chi connectivity index (χ0) is 34.4. The minimum atomic E-state index is -0.540. The third kappa shape index (κ3) is 7.38. The van der Waals surface area contributed by atoms with Gasteiger partial charge in [0, 0.05) is 36.5 Å². The van der Waals surface area contributed by atoms with Crippen LogP contribution in [0, 0.1) is 6.92 Å². The van der Waals surface area contributed by atoms with Crippen molar-refractivity contribution in [3.05, 3.63) is 70.2 Å². The molecule has 0 bridgehead atoms. The Morgan fingerprint density at radius 1 is 0.771 bits per heavy atom. The molecular formula is C38H46BrN5O4. The van der Waals surface area contributed by atoms with E-state index >= 15 is 0 Å². The molecule has 3 aliphatic rings. The quantitative estimate of drug-likeness (QED) is 0.265. The molecule has 9 nitrogen and oxygen atoms in total. The van der Waals surface area contributed by atoms with E-state index in [-0.39, 0.29) is 24.3 Å². The molecule has 1 aromatic heterocycles. The summed E-state index contributed by atoms with van der Waals surface area (Å²) in [5.41, 5.74) is 7.28. The fourth-order valence-electron chi connectivity index (χ4n) is 6.75. The molecule has 2 atom stereocenters. The summed E-state index contributed by atoms with van der Waals surface area (Å²) in [7, 11) is 0. The number of halogens is 1. The van der Waals surface area contributed by atoms with Gasteiger partial charge in [-0.1, -0.05) is 48.5 Å². The van der Waals surface area contributed by atoms with Crippen molar-refractivity contribution in [1.29, 1.82) is 0 Å². The Hall–Kier alpha value is -3.92. The lowest BCUT2D eigenvalue weighted by Gasteiger charge is -2.28. The maximum atomic E-state index is 12.9. The predicted molar refractivity (Wildman–Crippen MR) is 193 cm³/mol. The van der Waals surface area contributed by atoms with Gasteiger partial charge in [0.25, 0.3) is 0 Å². The molecule has 4 heterocycles. The van der Waals surface area contributed by atoms with E-state index in [1.165, 1.54) is 0 Å². The molecule has 2 fully saturated rings. The minimum Gasteiger partial charge on any atom is -0.444 e. The van der Waals surface area contributed by atoms with E-state index in [1.807, 2.05) is 53.4 Å². The molecule has 48 heavy (non-hydrogen) atoms. The first kappa shape index (κ1) is 34.0. The number of aliphatic imine (C=N–C) groups is 1. The average molecular weight is 717 g/mol. The number of likely N-dealkylation sites (tertiary alicyclic amines) is 2. The predicted octanol–water partition coefficient (Wildman–Crippen LogP) is 9.43. The van der Waals surface area contributed by atoms with Gasteiger partial charge in [0.2, 0.25) is 0 Å². The number of carbonyl (C=O) groups is 2. The van der Waals surface area contributed by atoms with Crippen LogP contribution < -0.4 is 0 Å². The smallest absolute Gasteiger partial charge is 0.410 e. The van der Waals surface area contributed by atoms with Crippen LogP contribution in [-0.4, -0.2) is 68.0 Å². The Morgan fingerprint density at radius 3 is 1.79 bits per heavy atom. The monoisotopic (exact) mass is 715 g/mol. The van der Waals surface area contributed by atoms with Crippen LogP contribution in [0.3, 0.4) is 0 Å². The molecule has 0 aliphatic carbocycles. The number of nitrogens with one attached hydrogen (secondary N) is 1. The van der Waals surface area contributed by atoms with Crippen molar-refractivity contribution in [2.24, 2.45) is 4.99 Å². The summed E-state index contributed by atoms with van der Waals surface area (Å²) < 4.78 is 12.2. The van der Waals surface area contributed by atoms with E-state index < -0.39 is 11.2 Å². The van der Waals surface area contributed by atoms with Crippen LogP contribution in [-0.2, 0) is 9.47 Å². The first-order valence-electron chi connectivity index (χ1n) is 16.9. The summed E-state index contributed by atoms with van der Waals surface area (Å²) in [4.78, 5) is 42.7. The van der Waals surface area contributed by atoms with Gasteiger partial charge in [-0.15, -0.1) is 0 Å². The SMILES string of the molecule is Cc1[nH]c([C@@H]2CCCN2C(=O)OC(C)(C)C)nc1-c1ccc(-c2ccc(C3=C(Br)N=C([C@@H]4CCCN4C(=O)OC(C)(C)C)C3)cc2)cc1. The summed E-state index contributed by atoms with van der Waals surface area (Å²) in [5, 5.41) is 0. The third-order valence-electron chi connectivity index (χ3n) is 8.94. The molecule has 3 aliphatic heterocycles. The van der Waals surface area contributed by atoms with E-state index in [0.29, 0.717) is 19.5 Å². The fraction of sp³-hybridized carbons (Fsp3) is 0.474. The standard InChI is InChI=1S/C38H46BrN5O4/c1-23-32(42-34(40-23)31-11-9-21-44(31)36(46)48-38(5,6)7)27-18-14-25(15-19-27)24-12-16-26(17-13-24)28-22-29(41-33(28)39)30-10-8-20-43(30)35(45)47-37(2,3)4/h12-19,30-31H,8-11,20-22H2,1-7H3,(H,40,42)/t30-,31-/m0/s1. The van der Waals surface area contributed by atoms with Crippen molar-refractivity contribution in [2.75, 3.05) is 13.1 Å².